The predicted molar refractivity (Wildman–Crippen MR) is 171 cm³/mol. The Morgan fingerprint density at radius 3 is 1.52 bits per heavy atom. The third-order valence-corrected chi connectivity index (χ3v) is 7.34. The molecular weight excluding hydrogens is 512 g/mol. The Morgan fingerprint density at radius 1 is 0.405 bits per heavy atom. The molecule has 7 aromatic rings. The largest absolute Gasteiger partial charge is 0.238 e. The van der Waals surface area contributed by atoms with E-state index in [1.54, 1.807) is 0 Å². The van der Waals surface area contributed by atoms with Crippen molar-refractivity contribution in [2.45, 2.75) is 0 Å². The molecule has 0 fully saturated rings. The quantitative estimate of drug-likeness (QED) is 0.206. The molecule has 7 rings (SSSR count). The van der Waals surface area contributed by atoms with E-state index in [0.29, 0.717) is 23.2 Å². The lowest BCUT2D eigenvalue weighted by atomic mass is 9.94. The lowest BCUT2D eigenvalue weighted by Crippen LogP contribution is -2.00. The molecule has 0 radical (unpaired) electrons. The van der Waals surface area contributed by atoms with Gasteiger partial charge in [0.1, 0.15) is 0 Å². The molecular formula is C38H24N4. The minimum absolute atomic E-state index is 0.633. The van der Waals surface area contributed by atoms with Gasteiger partial charge in [0.25, 0.3) is 0 Å². The van der Waals surface area contributed by atoms with Crippen molar-refractivity contribution in [1.29, 1.82) is 0 Å². The maximum absolute atomic E-state index is 7.38. The second-order valence-electron chi connectivity index (χ2n) is 10.0. The van der Waals surface area contributed by atoms with Gasteiger partial charge in [0.2, 0.25) is 0 Å². The van der Waals surface area contributed by atoms with E-state index in [4.69, 9.17) is 21.5 Å². The summed E-state index contributed by atoms with van der Waals surface area (Å²) in [6.45, 7) is 7.38. The fraction of sp³-hybridized carbons (Fsp3) is 0. The van der Waals surface area contributed by atoms with Crippen LogP contribution in [-0.2, 0) is 0 Å². The molecule has 1 aromatic heterocycles. The van der Waals surface area contributed by atoms with Crippen LogP contribution in [0.15, 0.2) is 146 Å². The minimum Gasteiger partial charge on any atom is -0.238 e. The molecule has 196 valence electrons. The highest BCUT2D eigenvalue weighted by atomic mass is 15.0. The van der Waals surface area contributed by atoms with Gasteiger partial charge < -0.3 is 0 Å². The molecule has 0 saturated heterocycles. The number of aromatic nitrogens is 3. The van der Waals surface area contributed by atoms with Crippen LogP contribution in [0.3, 0.4) is 0 Å². The van der Waals surface area contributed by atoms with Crippen LogP contribution in [0, 0.1) is 6.57 Å². The van der Waals surface area contributed by atoms with Crippen molar-refractivity contribution in [3.8, 4) is 56.4 Å². The summed E-state index contributed by atoms with van der Waals surface area (Å²) in [7, 11) is 0. The average Bonchev–Trinajstić information content (AvgIpc) is 3.08. The molecule has 42 heavy (non-hydrogen) atoms. The van der Waals surface area contributed by atoms with Gasteiger partial charge in [-0.2, -0.15) is 0 Å². The van der Waals surface area contributed by atoms with E-state index in [-0.39, 0.29) is 0 Å². The first-order chi connectivity index (χ1) is 20.7. The van der Waals surface area contributed by atoms with Crippen molar-refractivity contribution >= 4 is 16.5 Å². The average molecular weight is 537 g/mol. The lowest BCUT2D eigenvalue weighted by Gasteiger charge is -2.11. The van der Waals surface area contributed by atoms with Crippen molar-refractivity contribution in [1.82, 2.24) is 15.0 Å². The Morgan fingerprint density at radius 2 is 0.905 bits per heavy atom. The number of rotatable bonds is 5. The zero-order valence-corrected chi connectivity index (χ0v) is 22.6. The Labute approximate surface area is 244 Å². The molecule has 0 spiro atoms. The third-order valence-electron chi connectivity index (χ3n) is 7.34. The van der Waals surface area contributed by atoms with Gasteiger partial charge in [-0.1, -0.05) is 133 Å². The Hall–Kier alpha value is -5.92. The SMILES string of the molecule is [C-]#[N+]c1cccc(-c2ccc3cccc(-c4ccc(-c5nc(-c6ccccc6)nc(-c6ccccc6)n5)cc4)c3c2)c1. The van der Waals surface area contributed by atoms with Gasteiger partial charge in [-0.15, -0.1) is 0 Å². The van der Waals surface area contributed by atoms with E-state index < -0.39 is 0 Å². The van der Waals surface area contributed by atoms with Crippen LogP contribution >= 0.6 is 0 Å². The smallest absolute Gasteiger partial charge is 0.187 e. The first kappa shape index (κ1) is 25.1. The second kappa shape index (κ2) is 10.9. The summed E-state index contributed by atoms with van der Waals surface area (Å²) in [5.41, 5.74) is 7.84. The van der Waals surface area contributed by atoms with Gasteiger partial charge in [0.15, 0.2) is 23.2 Å². The van der Waals surface area contributed by atoms with Crippen LogP contribution < -0.4 is 0 Å². The first-order valence-corrected chi connectivity index (χ1v) is 13.7. The summed E-state index contributed by atoms with van der Waals surface area (Å²) < 4.78 is 0. The van der Waals surface area contributed by atoms with Gasteiger partial charge in [0.05, 0.1) is 6.57 Å². The van der Waals surface area contributed by atoms with Gasteiger partial charge in [-0.3, -0.25) is 0 Å². The highest BCUT2D eigenvalue weighted by molar-refractivity contribution is 5.99. The first-order valence-electron chi connectivity index (χ1n) is 13.7. The van der Waals surface area contributed by atoms with Crippen LogP contribution in [0.1, 0.15) is 0 Å². The summed E-state index contributed by atoms with van der Waals surface area (Å²) in [5.74, 6) is 1.92. The third kappa shape index (κ3) is 4.92. The van der Waals surface area contributed by atoms with Crippen LogP contribution in [0.25, 0.3) is 72.0 Å². The van der Waals surface area contributed by atoms with Crippen molar-refractivity contribution in [3.63, 3.8) is 0 Å². The normalized spacial score (nSPS) is 10.8. The summed E-state index contributed by atoms with van der Waals surface area (Å²) >= 11 is 0. The van der Waals surface area contributed by atoms with Crippen molar-refractivity contribution in [2.75, 3.05) is 0 Å². The monoisotopic (exact) mass is 536 g/mol. The second-order valence-corrected chi connectivity index (χ2v) is 10.0. The number of hydrogen-bond donors (Lipinski definition) is 0. The van der Waals surface area contributed by atoms with Gasteiger partial charge in [-0.05, 0) is 45.2 Å². The highest BCUT2D eigenvalue weighted by Crippen LogP contribution is 2.34. The van der Waals surface area contributed by atoms with Crippen LogP contribution in [-0.4, -0.2) is 15.0 Å². The van der Waals surface area contributed by atoms with E-state index in [1.807, 2.05) is 78.9 Å². The molecule has 4 nitrogen and oxygen atoms in total. The molecule has 0 bridgehead atoms. The number of nitrogens with zero attached hydrogens (tertiary/aromatic N) is 4. The Bertz CT molecular complexity index is 2020. The molecule has 0 amide bonds. The van der Waals surface area contributed by atoms with Gasteiger partial charge >= 0.3 is 0 Å². The Balaban J connectivity index is 1.30. The standard InChI is InChI=1S/C38H24N4/c1-39-33-16-8-15-31(24-33)32-23-20-26-14-9-17-34(35(26)25-32)27-18-21-30(22-19-27)38-41-36(28-10-4-2-5-11-28)40-37(42-38)29-12-6-3-7-13-29/h2-25H. The minimum atomic E-state index is 0.633. The molecule has 0 saturated carbocycles. The highest BCUT2D eigenvalue weighted by Gasteiger charge is 2.13. The van der Waals surface area contributed by atoms with Crippen molar-refractivity contribution in [3.05, 3.63) is 157 Å². The molecule has 0 aliphatic carbocycles. The van der Waals surface area contributed by atoms with E-state index >= 15 is 0 Å². The molecule has 0 unspecified atom stereocenters. The summed E-state index contributed by atoms with van der Waals surface area (Å²) in [6.07, 6.45) is 0. The fourth-order valence-corrected chi connectivity index (χ4v) is 5.20. The molecule has 6 aromatic carbocycles. The van der Waals surface area contributed by atoms with Crippen LogP contribution in [0.5, 0.6) is 0 Å². The van der Waals surface area contributed by atoms with E-state index in [0.717, 1.165) is 44.3 Å². The maximum Gasteiger partial charge on any atom is 0.187 e. The molecule has 0 aliphatic heterocycles. The van der Waals surface area contributed by atoms with Gasteiger partial charge in [-0.25, -0.2) is 19.8 Å². The molecule has 0 atom stereocenters. The fourth-order valence-electron chi connectivity index (χ4n) is 5.20. The van der Waals surface area contributed by atoms with E-state index in [2.05, 4.69) is 71.6 Å². The molecule has 1 heterocycles. The summed E-state index contributed by atoms with van der Waals surface area (Å²) in [4.78, 5) is 18.1. The number of fused-ring (bicyclic) bond motifs is 1. The zero-order valence-electron chi connectivity index (χ0n) is 22.6. The van der Waals surface area contributed by atoms with Crippen LogP contribution in [0.4, 0.5) is 5.69 Å². The topological polar surface area (TPSA) is 43.0 Å². The summed E-state index contributed by atoms with van der Waals surface area (Å²) in [6, 6.07) is 49.1. The molecule has 4 heteroatoms. The van der Waals surface area contributed by atoms with Crippen LogP contribution in [0.2, 0.25) is 0 Å². The van der Waals surface area contributed by atoms with Crippen molar-refractivity contribution in [2.24, 2.45) is 0 Å². The zero-order chi connectivity index (χ0) is 28.3. The van der Waals surface area contributed by atoms with E-state index in [9.17, 15) is 0 Å². The Kier molecular flexibility index (Phi) is 6.52. The maximum atomic E-state index is 7.38. The predicted octanol–water partition coefficient (Wildman–Crippen LogP) is 9.91. The summed E-state index contributed by atoms with van der Waals surface area (Å²) in [5, 5.41) is 2.33. The molecule has 0 aliphatic rings. The van der Waals surface area contributed by atoms with Gasteiger partial charge in [0, 0.05) is 16.7 Å². The number of hydrogen-bond acceptors (Lipinski definition) is 3. The number of benzene rings is 6. The molecule has 0 N–H and O–H groups in total. The van der Waals surface area contributed by atoms with Crippen molar-refractivity contribution < 1.29 is 0 Å². The van der Waals surface area contributed by atoms with E-state index in [1.165, 1.54) is 5.39 Å². The lowest BCUT2D eigenvalue weighted by molar-refractivity contribution is 1.07.